The molecule has 0 spiro atoms. The van der Waals surface area contributed by atoms with Crippen molar-refractivity contribution in [1.82, 2.24) is 0 Å². The van der Waals surface area contributed by atoms with Gasteiger partial charge >= 0.3 is 6.09 Å². The Labute approximate surface area is 132 Å². The fraction of sp³-hybridized carbons (Fsp3) is 0.462. The minimum atomic E-state index is -1.30. The third-order valence-corrected chi connectivity index (χ3v) is 3.79. The van der Waals surface area contributed by atoms with Crippen LogP contribution in [0.25, 0.3) is 0 Å². The predicted molar refractivity (Wildman–Crippen MR) is 82.8 cm³/mol. The third kappa shape index (κ3) is 3.77. The van der Waals surface area contributed by atoms with Gasteiger partial charge in [-0.1, -0.05) is 11.6 Å². The summed E-state index contributed by atoms with van der Waals surface area (Å²) in [5, 5.41) is 21.0. The van der Waals surface area contributed by atoms with Crippen LogP contribution >= 0.6 is 23.2 Å². The molecular weight excluding hydrogens is 319 g/mol. The van der Waals surface area contributed by atoms with Gasteiger partial charge in [-0.3, -0.25) is 15.0 Å². The average molecular weight is 335 g/mol. The van der Waals surface area contributed by atoms with Gasteiger partial charge in [0.25, 0.3) is 5.69 Å². The number of halogens is 2. The predicted octanol–water partition coefficient (Wildman–Crippen LogP) is 4.45. The highest BCUT2D eigenvalue weighted by Crippen LogP contribution is 2.38. The summed E-state index contributed by atoms with van der Waals surface area (Å²) in [6, 6.07) is 2.57. The van der Waals surface area contributed by atoms with Gasteiger partial charge in [0, 0.05) is 22.5 Å². The number of benzene rings is 1. The number of carbonyl (C=O) groups is 1. The average Bonchev–Trinajstić information content (AvgIpc) is 2.32. The molecule has 0 aliphatic heterocycles. The van der Waals surface area contributed by atoms with Crippen LogP contribution in [0.5, 0.6) is 0 Å². The van der Waals surface area contributed by atoms with E-state index in [1.165, 1.54) is 12.1 Å². The van der Waals surface area contributed by atoms with Gasteiger partial charge in [-0.25, -0.2) is 4.79 Å². The fourth-order valence-corrected chi connectivity index (χ4v) is 2.63. The first-order valence-corrected chi connectivity index (χ1v) is 7.06. The lowest BCUT2D eigenvalue weighted by Gasteiger charge is -2.35. The van der Waals surface area contributed by atoms with Crippen molar-refractivity contribution in [3.05, 3.63) is 32.8 Å². The van der Waals surface area contributed by atoms with Gasteiger partial charge in [-0.15, -0.1) is 11.6 Å². The van der Waals surface area contributed by atoms with E-state index in [1.54, 1.807) is 20.8 Å². The smallest absolute Gasteiger partial charge is 0.412 e. The van der Waals surface area contributed by atoms with Crippen LogP contribution in [0.2, 0.25) is 5.02 Å². The van der Waals surface area contributed by atoms with Crippen molar-refractivity contribution in [2.75, 3.05) is 10.8 Å². The third-order valence-electron chi connectivity index (χ3n) is 3.20. The molecule has 1 amide bonds. The molecule has 0 atom stereocenters. The molecule has 0 radical (unpaired) electrons. The molecule has 0 heterocycles. The van der Waals surface area contributed by atoms with Crippen molar-refractivity contribution in [3.8, 4) is 0 Å². The van der Waals surface area contributed by atoms with E-state index in [4.69, 9.17) is 23.2 Å². The zero-order chi connectivity index (χ0) is 16.4. The lowest BCUT2D eigenvalue weighted by atomic mass is 9.98. The zero-order valence-corrected chi connectivity index (χ0v) is 13.4. The molecule has 0 bridgehead atoms. The number of hydrogen-bond acceptors (Lipinski definition) is 3. The number of rotatable bonds is 5. The van der Waals surface area contributed by atoms with Crippen LogP contribution in [0.4, 0.5) is 16.2 Å². The van der Waals surface area contributed by atoms with Crippen LogP contribution in [0, 0.1) is 17.0 Å². The van der Waals surface area contributed by atoms with Crippen molar-refractivity contribution in [2.45, 2.75) is 32.7 Å². The van der Waals surface area contributed by atoms with E-state index >= 15 is 0 Å². The van der Waals surface area contributed by atoms with E-state index in [0.29, 0.717) is 12.0 Å². The molecule has 0 unspecified atom stereocenters. The highest BCUT2D eigenvalue weighted by molar-refractivity contribution is 6.31. The van der Waals surface area contributed by atoms with Gasteiger partial charge in [0.15, 0.2) is 0 Å². The standard InChI is InChI=1S/C13H16Cl2N2O4/c1-8-6-11(17(20)21)10(7-9(8)15)16(12(18)19)13(2,3)4-5-14/h6-7H,4-5H2,1-3H3,(H,18,19). The van der Waals surface area contributed by atoms with Crippen LogP contribution in [0.15, 0.2) is 12.1 Å². The maximum absolute atomic E-state index is 11.6. The Bertz CT molecular complexity index is 576. The number of hydrogen-bond donors (Lipinski definition) is 1. The van der Waals surface area contributed by atoms with Gasteiger partial charge in [-0.2, -0.15) is 0 Å². The van der Waals surface area contributed by atoms with Crippen LogP contribution in [-0.2, 0) is 0 Å². The Morgan fingerprint density at radius 2 is 2.05 bits per heavy atom. The lowest BCUT2D eigenvalue weighted by Crippen LogP contribution is -2.48. The van der Waals surface area contributed by atoms with Crippen LogP contribution in [0.1, 0.15) is 25.8 Å². The molecule has 0 saturated carbocycles. The Hall–Kier alpha value is -1.53. The number of nitro groups is 1. The van der Waals surface area contributed by atoms with E-state index in [9.17, 15) is 20.0 Å². The summed E-state index contributed by atoms with van der Waals surface area (Å²) < 4.78 is 0. The molecule has 1 aromatic rings. The molecule has 1 aromatic carbocycles. The van der Waals surface area contributed by atoms with E-state index in [1.807, 2.05) is 0 Å². The minimum absolute atomic E-state index is 0.0572. The summed E-state index contributed by atoms with van der Waals surface area (Å²) in [4.78, 5) is 23.1. The summed E-state index contributed by atoms with van der Waals surface area (Å²) in [5.74, 6) is 0.226. The normalized spacial score (nSPS) is 11.3. The van der Waals surface area contributed by atoms with Crippen molar-refractivity contribution in [2.24, 2.45) is 0 Å². The van der Waals surface area contributed by atoms with Gasteiger partial charge in [-0.05, 0) is 38.8 Å². The number of anilines is 1. The maximum atomic E-state index is 11.6. The first kappa shape index (κ1) is 17.5. The van der Waals surface area contributed by atoms with E-state index < -0.39 is 16.6 Å². The Kier molecular flexibility index (Phi) is 5.42. The summed E-state index contributed by atoms with van der Waals surface area (Å²) in [6.45, 7) is 4.93. The van der Waals surface area contributed by atoms with Crippen molar-refractivity contribution < 1.29 is 14.8 Å². The number of nitro benzene ring substituents is 1. The molecule has 8 heteroatoms. The largest absolute Gasteiger partial charge is 0.465 e. The van der Waals surface area contributed by atoms with Gasteiger partial charge in [0.05, 0.1) is 4.92 Å². The van der Waals surface area contributed by atoms with Crippen molar-refractivity contribution in [1.29, 1.82) is 0 Å². The second-order valence-electron chi connectivity index (χ2n) is 5.22. The maximum Gasteiger partial charge on any atom is 0.412 e. The summed E-state index contributed by atoms with van der Waals surface area (Å²) in [7, 11) is 0. The minimum Gasteiger partial charge on any atom is -0.465 e. The number of carboxylic acid groups (broad SMARTS) is 1. The van der Waals surface area contributed by atoms with Gasteiger partial charge in [0.1, 0.15) is 5.69 Å². The second-order valence-corrected chi connectivity index (χ2v) is 6.00. The monoisotopic (exact) mass is 334 g/mol. The fourth-order valence-electron chi connectivity index (χ4n) is 2.01. The SMILES string of the molecule is Cc1cc([N+](=O)[O-])c(N(C(=O)O)C(C)(C)CCCl)cc1Cl. The number of alkyl halides is 1. The van der Waals surface area contributed by atoms with Crippen LogP contribution in [0.3, 0.4) is 0 Å². The Balaban J connectivity index is 3.55. The van der Waals surface area contributed by atoms with E-state index in [-0.39, 0.29) is 22.3 Å². The van der Waals surface area contributed by atoms with Gasteiger partial charge < -0.3 is 5.11 Å². The molecule has 0 aliphatic carbocycles. The number of amides is 1. The first-order chi connectivity index (χ1) is 9.61. The molecule has 0 saturated heterocycles. The van der Waals surface area contributed by atoms with Gasteiger partial charge in [0.2, 0.25) is 0 Å². The Morgan fingerprint density at radius 1 is 1.48 bits per heavy atom. The molecule has 0 aliphatic rings. The lowest BCUT2D eigenvalue weighted by molar-refractivity contribution is -0.384. The van der Waals surface area contributed by atoms with E-state index in [2.05, 4.69) is 0 Å². The quantitative estimate of drug-likeness (QED) is 0.489. The first-order valence-electron chi connectivity index (χ1n) is 6.15. The molecule has 116 valence electrons. The second kappa shape index (κ2) is 6.49. The summed E-state index contributed by atoms with van der Waals surface area (Å²) >= 11 is 11.7. The zero-order valence-electron chi connectivity index (χ0n) is 11.9. The highest BCUT2D eigenvalue weighted by Gasteiger charge is 2.36. The molecule has 6 nitrogen and oxygen atoms in total. The number of nitrogens with zero attached hydrogens (tertiary/aromatic N) is 2. The number of aryl methyl sites for hydroxylation is 1. The molecule has 1 rings (SSSR count). The van der Waals surface area contributed by atoms with Crippen LogP contribution < -0.4 is 4.90 Å². The topological polar surface area (TPSA) is 83.7 Å². The van der Waals surface area contributed by atoms with Crippen LogP contribution in [-0.4, -0.2) is 27.5 Å². The Morgan fingerprint density at radius 3 is 2.48 bits per heavy atom. The molecule has 21 heavy (non-hydrogen) atoms. The van der Waals surface area contributed by atoms with Crippen molar-refractivity contribution >= 4 is 40.7 Å². The summed E-state index contributed by atoms with van der Waals surface area (Å²) in [5.41, 5.74) is -0.760. The van der Waals surface area contributed by atoms with E-state index in [0.717, 1.165) is 4.90 Å². The molecular formula is C13H16Cl2N2O4. The summed E-state index contributed by atoms with van der Waals surface area (Å²) in [6.07, 6.45) is -0.961. The molecule has 0 fully saturated rings. The van der Waals surface area contributed by atoms with Crippen molar-refractivity contribution in [3.63, 3.8) is 0 Å². The molecule has 0 aromatic heterocycles. The molecule has 1 N–H and O–H groups in total. The highest BCUT2D eigenvalue weighted by atomic mass is 35.5.